The number of allylic oxidation sites excluding steroid dienone is 1. The molecule has 0 aromatic carbocycles. The van der Waals surface area contributed by atoms with Crippen LogP contribution in [0.5, 0.6) is 0 Å². The Morgan fingerprint density at radius 2 is 1.39 bits per heavy atom. The highest BCUT2D eigenvalue weighted by Crippen LogP contribution is 2.23. The summed E-state index contributed by atoms with van der Waals surface area (Å²) in [5, 5.41) is 0. The Bertz CT molecular complexity index is 415. The van der Waals surface area contributed by atoms with Crippen LogP contribution in [0.4, 0.5) is 0 Å². The lowest BCUT2D eigenvalue weighted by atomic mass is 9.97. The molecule has 4 nitrogen and oxygen atoms in total. The van der Waals surface area contributed by atoms with Crippen LogP contribution >= 0.6 is 0 Å². The molecular weight excluding hydrogens is 292 g/mol. The average Bonchev–Trinajstić information content (AvgIpc) is 2.56. The zero-order valence-corrected chi connectivity index (χ0v) is 14.4. The standard InChI is InChI=1S/C19H30O4/c1-2-9-15(19(21)23-17-12-7-4-8-13-17)14-18(20)22-16-10-5-3-6-11-16/h9,16-17H,2-8,10-14H2,1H3. The van der Waals surface area contributed by atoms with Crippen molar-refractivity contribution in [1.82, 2.24) is 0 Å². The molecule has 0 aliphatic heterocycles. The van der Waals surface area contributed by atoms with Crippen LogP contribution in [0, 0.1) is 0 Å². The van der Waals surface area contributed by atoms with Crippen molar-refractivity contribution in [1.29, 1.82) is 0 Å². The van der Waals surface area contributed by atoms with E-state index in [4.69, 9.17) is 9.47 Å². The maximum Gasteiger partial charge on any atom is 0.334 e. The summed E-state index contributed by atoms with van der Waals surface area (Å²) in [6.45, 7) is 1.96. The van der Waals surface area contributed by atoms with Crippen molar-refractivity contribution in [2.45, 2.75) is 96.2 Å². The molecule has 0 bridgehead atoms. The van der Waals surface area contributed by atoms with Gasteiger partial charge in [0.1, 0.15) is 12.2 Å². The fraction of sp³-hybridized carbons (Fsp3) is 0.789. The molecule has 0 spiro atoms. The Morgan fingerprint density at radius 3 is 1.91 bits per heavy atom. The first-order valence-electron chi connectivity index (χ1n) is 9.28. The predicted molar refractivity (Wildman–Crippen MR) is 88.9 cm³/mol. The third kappa shape index (κ3) is 6.36. The van der Waals surface area contributed by atoms with E-state index in [1.807, 2.05) is 6.92 Å². The third-order valence-electron chi connectivity index (χ3n) is 4.72. The van der Waals surface area contributed by atoms with E-state index in [0.29, 0.717) is 12.0 Å². The first kappa shape index (κ1) is 18.0. The average molecular weight is 322 g/mol. The predicted octanol–water partition coefficient (Wildman–Crippen LogP) is 4.46. The van der Waals surface area contributed by atoms with Crippen LogP contribution in [-0.2, 0) is 19.1 Å². The van der Waals surface area contributed by atoms with Crippen molar-refractivity contribution in [2.24, 2.45) is 0 Å². The molecule has 2 rings (SSSR count). The van der Waals surface area contributed by atoms with Crippen molar-refractivity contribution in [3.05, 3.63) is 11.6 Å². The molecule has 23 heavy (non-hydrogen) atoms. The summed E-state index contributed by atoms with van der Waals surface area (Å²) in [4.78, 5) is 24.5. The zero-order valence-electron chi connectivity index (χ0n) is 14.4. The van der Waals surface area contributed by atoms with E-state index in [1.165, 1.54) is 12.8 Å². The fourth-order valence-electron chi connectivity index (χ4n) is 3.45. The lowest BCUT2D eigenvalue weighted by molar-refractivity contribution is -0.153. The quantitative estimate of drug-likeness (QED) is 0.535. The van der Waals surface area contributed by atoms with Gasteiger partial charge in [-0.2, -0.15) is 0 Å². The molecule has 0 aromatic rings. The minimum absolute atomic E-state index is 0.0193. The summed E-state index contributed by atoms with van der Waals surface area (Å²) < 4.78 is 11.1. The van der Waals surface area contributed by atoms with Crippen LogP contribution in [0.1, 0.15) is 84.0 Å². The molecule has 0 amide bonds. The molecule has 0 heterocycles. The van der Waals surface area contributed by atoms with Crippen LogP contribution in [-0.4, -0.2) is 24.1 Å². The van der Waals surface area contributed by atoms with Gasteiger partial charge in [-0.05, 0) is 57.8 Å². The zero-order chi connectivity index (χ0) is 16.5. The van der Waals surface area contributed by atoms with Gasteiger partial charge in [0.2, 0.25) is 0 Å². The molecule has 2 aliphatic rings. The highest BCUT2D eigenvalue weighted by atomic mass is 16.6. The van der Waals surface area contributed by atoms with Gasteiger partial charge in [0.05, 0.1) is 6.42 Å². The Morgan fingerprint density at radius 1 is 0.870 bits per heavy atom. The van der Waals surface area contributed by atoms with Crippen molar-refractivity contribution in [3.63, 3.8) is 0 Å². The molecule has 2 fully saturated rings. The Balaban J connectivity index is 1.82. The number of rotatable bonds is 6. The Hall–Kier alpha value is -1.32. The van der Waals surface area contributed by atoms with Gasteiger partial charge >= 0.3 is 11.9 Å². The van der Waals surface area contributed by atoms with Gasteiger partial charge in [-0.1, -0.05) is 25.8 Å². The first-order valence-corrected chi connectivity index (χ1v) is 9.28. The lowest BCUT2D eigenvalue weighted by Crippen LogP contribution is -2.25. The highest BCUT2D eigenvalue weighted by molar-refractivity contribution is 5.94. The summed E-state index contributed by atoms with van der Waals surface area (Å²) in [6.07, 6.45) is 13.3. The van der Waals surface area contributed by atoms with Gasteiger partial charge in [-0.15, -0.1) is 0 Å². The minimum atomic E-state index is -0.334. The van der Waals surface area contributed by atoms with Gasteiger partial charge in [-0.3, -0.25) is 4.79 Å². The number of hydrogen-bond acceptors (Lipinski definition) is 4. The molecule has 4 heteroatoms. The normalized spacial score (nSPS) is 21.0. The summed E-state index contributed by atoms with van der Waals surface area (Å²) >= 11 is 0. The van der Waals surface area contributed by atoms with Gasteiger partial charge < -0.3 is 9.47 Å². The van der Waals surface area contributed by atoms with Crippen molar-refractivity contribution in [3.8, 4) is 0 Å². The monoisotopic (exact) mass is 322 g/mol. The molecule has 0 unspecified atom stereocenters. The first-order chi connectivity index (χ1) is 11.2. The second-order valence-corrected chi connectivity index (χ2v) is 6.73. The van der Waals surface area contributed by atoms with Crippen LogP contribution in [0.2, 0.25) is 0 Å². The van der Waals surface area contributed by atoms with Gasteiger partial charge in [0.15, 0.2) is 0 Å². The van der Waals surface area contributed by atoms with Crippen molar-refractivity contribution >= 4 is 11.9 Å². The van der Waals surface area contributed by atoms with Gasteiger partial charge in [0, 0.05) is 5.57 Å². The second kappa shape index (κ2) is 9.74. The largest absolute Gasteiger partial charge is 0.462 e. The van der Waals surface area contributed by atoms with E-state index >= 15 is 0 Å². The number of carbonyl (C=O) groups excluding carboxylic acids is 2. The Labute approximate surface area is 139 Å². The molecule has 0 radical (unpaired) electrons. The SMILES string of the molecule is CCC=C(CC(=O)OC1CCCCC1)C(=O)OC1CCCCC1. The maximum atomic E-state index is 12.3. The van der Waals surface area contributed by atoms with E-state index < -0.39 is 0 Å². The van der Waals surface area contributed by atoms with E-state index in [0.717, 1.165) is 51.4 Å². The molecule has 0 N–H and O–H groups in total. The van der Waals surface area contributed by atoms with E-state index in [2.05, 4.69) is 0 Å². The number of ether oxygens (including phenoxy) is 2. The summed E-state index contributed by atoms with van der Waals surface area (Å²) in [5.41, 5.74) is 0.457. The van der Waals surface area contributed by atoms with E-state index in [-0.39, 0.29) is 30.6 Å². The van der Waals surface area contributed by atoms with Crippen LogP contribution in [0.3, 0.4) is 0 Å². The molecule has 130 valence electrons. The molecule has 2 aliphatic carbocycles. The van der Waals surface area contributed by atoms with Crippen LogP contribution in [0.25, 0.3) is 0 Å². The maximum absolute atomic E-state index is 12.3. The van der Waals surface area contributed by atoms with E-state index in [9.17, 15) is 9.59 Å². The molecule has 0 aromatic heterocycles. The van der Waals surface area contributed by atoms with Gasteiger partial charge in [-0.25, -0.2) is 4.79 Å². The molecule has 0 atom stereocenters. The summed E-state index contributed by atoms with van der Waals surface area (Å²) in [6, 6.07) is 0. The number of esters is 2. The summed E-state index contributed by atoms with van der Waals surface area (Å²) in [7, 11) is 0. The highest BCUT2D eigenvalue weighted by Gasteiger charge is 2.24. The molecular formula is C19H30O4. The van der Waals surface area contributed by atoms with Crippen LogP contribution < -0.4 is 0 Å². The smallest absolute Gasteiger partial charge is 0.334 e. The van der Waals surface area contributed by atoms with Crippen molar-refractivity contribution < 1.29 is 19.1 Å². The fourth-order valence-corrected chi connectivity index (χ4v) is 3.45. The third-order valence-corrected chi connectivity index (χ3v) is 4.72. The lowest BCUT2D eigenvalue weighted by Gasteiger charge is -2.23. The number of hydrogen-bond donors (Lipinski definition) is 0. The van der Waals surface area contributed by atoms with Crippen LogP contribution in [0.15, 0.2) is 11.6 Å². The topological polar surface area (TPSA) is 52.6 Å². The summed E-state index contributed by atoms with van der Waals surface area (Å²) in [5.74, 6) is -0.628. The Kier molecular flexibility index (Phi) is 7.63. The van der Waals surface area contributed by atoms with Crippen molar-refractivity contribution in [2.75, 3.05) is 0 Å². The number of carbonyl (C=O) groups is 2. The molecule has 0 saturated heterocycles. The minimum Gasteiger partial charge on any atom is -0.462 e. The second-order valence-electron chi connectivity index (χ2n) is 6.73. The van der Waals surface area contributed by atoms with E-state index in [1.54, 1.807) is 6.08 Å². The molecule has 2 saturated carbocycles. The van der Waals surface area contributed by atoms with Gasteiger partial charge in [0.25, 0.3) is 0 Å².